The lowest BCUT2D eigenvalue weighted by Crippen LogP contribution is -2.42. The van der Waals surface area contributed by atoms with E-state index in [1.54, 1.807) is 29.1 Å². The number of sulfonamides is 1. The van der Waals surface area contributed by atoms with Crippen LogP contribution in [-0.4, -0.2) is 45.3 Å². The molecule has 0 aliphatic carbocycles. The quantitative estimate of drug-likeness (QED) is 0.520. The molecule has 0 unspecified atom stereocenters. The Morgan fingerprint density at radius 1 is 1.17 bits per heavy atom. The SMILES string of the molecule is O=c1[nH]c2cnc3[nH]ccc3c2n1[C@@H]1CCCN(S(=O)(=O)c2ccc(Cl)cc2)C1. The van der Waals surface area contributed by atoms with Crippen LogP contribution in [0.1, 0.15) is 18.9 Å². The molecule has 2 N–H and O–H groups in total. The van der Waals surface area contributed by atoms with Crippen LogP contribution in [0.2, 0.25) is 5.02 Å². The van der Waals surface area contributed by atoms with Gasteiger partial charge in [0.2, 0.25) is 10.0 Å². The molecule has 10 heteroatoms. The van der Waals surface area contributed by atoms with Crippen molar-refractivity contribution in [3.05, 3.63) is 58.2 Å². The number of aromatic amines is 2. The van der Waals surface area contributed by atoms with Crippen LogP contribution >= 0.6 is 11.6 Å². The van der Waals surface area contributed by atoms with Gasteiger partial charge in [0, 0.05) is 29.7 Å². The Labute approximate surface area is 171 Å². The van der Waals surface area contributed by atoms with E-state index in [0.717, 1.165) is 10.9 Å². The lowest BCUT2D eigenvalue weighted by Gasteiger charge is -2.32. The van der Waals surface area contributed by atoms with Gasteiger partial charge in [0.25, 0.3) is 0 Å². The van der Waals surface area contributed by atoms with E-state index in [1.165, 1.54) is 16.4 Å². The van der Waals surface area contributed by atoms with Gasteiger partial charge in [-0.1, -0.05) is 11.6 Å². The lowest BCUT2D eigenvalue weighted by atomic mass is 10.1. The van der Waals surface area contributed by atoms with Crippen LogP contribution in [0.15, 0.2) is 52.4 Å². The second-order valence-corrected chi connectivity index (χ2v) is 9.55. The molecule has 1 atom stereocenters. The number of fused-ring (bicyclic) bond motifs is 3. The van der Waals surface area contributed by atoms with E-state index in [4.69, 9.17) is 11.6 Å². The molecule has 1 saturated heterocycles. The fourth-order valence-electron chi connectivity index (χ4n) is 4.08. The number of aromatic nitrogens is 4. The molecule has 1 aliphatic rings. The third-order valence-corrected chi connectivity index (χ3v) is 7.57. The first-order chi connectivity index (χ1) is 13.9. The highest BCUT2D eigenvalue weighted by atomic mass is 35.5. The summed E-state index contributed by atoms with van der Waals surface area (Å²) in [6.07, 6.45) is 4.78. The number of benzene rings is 1. The van der Waals surface area contributed by atoms with Crippen molar-refractivity contribution >= 4 is 43.7 Å². The highest BCUT2D eigenvalue weighted by Crippen LogP contribution is 2.30. The molecule has 4 heterocycles. The molecule has 0 radical (unpaired) electrons. The summed E-state index contributed by atoms with van der Waals surface area (Å²) in [4.78, 5) is 23.2. The summed E-state index contributed by atoms with van der Waals surface area (Å²) in [6, 6.07) is 7.75. The largest absolute Gasteiger partial charge is 0.346 e. The van der Waals surface area contributed by atoms with Gasteiger partial charge in [-0.3, -0.25) is 4.57 Å². The summed E-state index contributed by atoms with van der Waals surface area (Å²) in [6.45, 7) is 0.645. The number of hydrogen-bond acceptors (Lipinski definition) is 4. The first-order valence-electron chi connectivity index (χ1n) is 9.27. The van der Waals surface area contributed by atoms with Gasteiger partial charge in [-0.25, -0.2) is 18.2 Å². The van der Waals surface area contributed by atoms with Crippen LogP contribution in [0.3, 0.4) is 0 Å². The van der Waals surface area contributed by atoms with Gasteiger partial charge in [0.15, 0.2) is 0 Å². The van der Waals surface area contributed by atoms with Crippen LogP contribution in [-0.2, 0) is 10.0 Å². The van der Waals surface area contributed by atoms with Crippen molar-refractivity contribution in [2.45, 2.75) is 23.8 Å². The Balaban J connectivity index is 1.56. The van der Waals surface area contributed by atoms with Crippen LogP contribution in [0.25, 0.3) is 22.1 Å². The Morgan fingerprint density at radius 3 is 2.76 bits per heavy atom. The van der Waals surface area contributed by atoms with Crippen LogP contribution < -0.4 is 5.69 Å². The number of nitrogens with zero attached hydrogens (tertiary/aromatic N) is 3. The molecule has 5 rings (SSSR count). The van der Waals surface area contributed by atoms with Crippen molar-refractivity contribution in [3.63, 3.8) is 0 Å². The molecule has 8 nitrogen and oxygen atoms in total. The highest BCUT2D eigenvalue weighted by Gasteiger charge is 2.32. The Bertz CT molecular complexity index is 1370. The summed E-state index contributed by atoms with van der Waals surface area (Å²) in [5.41, 5.74) is 1.81. The molecule has 0 saturated carbocycles. The van der Waals surface area contributed by atoms with Gasteiger partial charge in [-0.15, -0.1) is 0 Å². The molecule has 1 aromatic carbocycles. The number of hydrogen-bond donors (Lipinski definition) is 2. The topological polar surface area (TPSA) is 104 Å². The highest BCUT2D eigenvalue weighted by molar-refractivity contribution is 7.89. The molecule has 0 bridgehead atoms. The molecule has 150 valence electrons. The monoisotopic (exact) mass is 431 g/mol. The van der Waals surface area contributed by atoms with Crippen LogP contribution in [0.4, 0.5) is 0 Å². The second kappa shape index (κ2) is 6.72. The molecular formula is C19H18ClN5O3S. The standard InChI is InChI=1S/C19H18ClN5O3S/c20-12-3-5-14(6-4-12)29(27,28)24-9-1-2-13(11-24)25-17-15-7-8-21-18(15)22-10-16(17)23-19(25)26/h3-8,10,13H,1-2,9,11H2,(H,21,22)(H,23,26)/t13-/m1/s1. The average molecular weight is 432 g/mol. The number of H-pyrrole nitrogens is 2. The number of pyridine rings is 1. The van der Waals surface area contributed by atoms with Gasteiger partial charge in [0.05, 0.1) is 28.2 Å². The van der Waals surface area contributed by atoms with E-state index in [2.05, 4.69) is 15.0 Å². The second-order valence-electron chi connectivity index (χ2n) is 7.17. The van der Waals surface area contributed by atoms with Crippen LogP contribution in [0.5, 0.6) is 0 Å². The minimum atomic E-state index is -3.67. The zero-order valence-electron chi connectivity index (χ0n) is 15.3. The van der Waals surface area contributed by atoms with Crippen molar-refractivity contribution in [3.8, 4) is 0 Å². The summed E-state index contributed by atoms with van der Waals surface area (Å²) in [5, 5.41) is 1.31. The molecule has 4 aromatic rings. The molecule has 1 aliphatic heterocycles. The fraction of sp³-hybridized carbons (Fsp3) is 0.263. The third kappa shape index (κ3) is 2.97. The third-order valence-electron chi connectivity index (χ3n) is 5.44. The predicted molar refractivity (Wildman–Crippen MR) is 111 cm³/mol. The number of imidazole rings is 1. The Kier molecular flexibility index (Phi) is 4.27. The van der Waals surface area contributed by atoms with Gasteiger partial charge >= 0.3 is 5.69 Å². The number of piperidine rings is 1. The van der Waals surface area contributed by atoms with Crippen molar-refractivity contribution in [2.75, 3.05) is 13.1 Å². The zero-order chi connectivity index (χ0) is 20.2. The predicted octanol–water partition coefficient (Wildman–Crippen LogP) is 2.89. The lowest BCUT2D eigenvalue weighted by molar-refractivity contribution is 0.267. The van der Waals surface area contributed by atoms with E-state index < -0.39 is 10.0 Å². The van der Waals surface area contributed by atoms with E-state index in [0.29, 0.717) is 35.6 Å². The summed E-state index contributed by atoms with van der Waals surface area (Å²) in [5.74, 6) is 0. The van der Waals surface area contributed by atoms with Gasteiger partial charge < -0.3 is 9.97 Å². The molecule has 3 aromatic heterocycles. The van der Waals surface area contributed by atoms with Crippen molar-refractivity contribution < 1.29 is 8.42 Å². The van der Waals surface area contributed by atoms with Crippen LogP contribution in [0, 0.1) is 0 Å². The summed E-state index contributed by atoms with van der Waals surface area (Å²) in [7, 11) is -3.67. The minimum absolute atomic E-state index is 0.200. The maximum absolute atomic E-state index is 13.1. The number of rotatable bonds is 3. The molecule has 1 fully saturated rings. The smallest absolute Gasteiger partial charge is 0.326 e. The van der Waals surface area contributed by atoms with Gasteiger partial charge in [0.1, 0.15) is 5.65 Å². The first-order valence-corrected chi connectivity index (χ1v) is 11.1. The summed E-state index contributed by atoms with van der Waals surface area (Å²) < 4.78 is 29.3. The van der Waals surface area contributed by atoms with Crippen molar-refractivity contribution in [2.24, 2.45) is 0 Å². The molecule has 29 heavy (non-hydrogen) atoms. The van der Waals surface area contributed by atoms with E-state index in [1.807, 2.05) is 6.07 Å². The van der Waals surface area contributed by atoms with E-state index >= 15 is 0 Å². The number of halogens is 1. The molecular weight excluding hydrogens is 414 g/mol. The zero-order valence-corrected chi connectivity index (χ0v) is 16.9. The van der Waals surface area contributed by atoms with Gasteiger partial charge in [-0.05, 0) is 43.2 Å². The normalized spacial score (nSPS) is 18.6. The Hall–Kier alpha value is -2.62. The maximum Gasteiger partial charge on any atom is 0.326 e. The molecule has 0 amide bonds. The average Bonchev–Trinajstić information content (AvgIpc) is 3.31. The number of nitrogens with one attached hydrogen (secondary N) is 2. The Morgan fingerprint density at radius 2 is 1.97 bits per heavy atom. The van der Waals surface area contributed by atoms with Crippen molar-refractivity contribution in [1.82, 2.24) is 23.8 Å². The minimum Gasteiger partial charge on any atom is -0.346 e. The molecule has 0 spiro atoms. The maximum atomic E-state index is 13.1. The van der Waals surface area contributed by atoms with E-state index in [-0.39, 0.29) is 23.2 Å². The first kappa shape index (κ1) is 18.4. The van der Waals surface area contributed by atoms with Gasteiger partial charge in [-0.2, -0.15) is 4.31 Å². The summed E-state index contributed by atoms with van der Waals surface area (Å²) >= 11 is 5.89. The fourth-order valence-corrected chi connectivity index (χ4v) is 5.72. The van der Waals surface area contributed by atoms with E-state index in [9.17, 15) is 13.2 Å². The van der Waals surface area contributed by atoms with Crippen molar-refractivity contribution in [1.29, 1.82) is 0 Å².